The van der Waals surface area contributed by atoms with Crippen LogP contribution in [0.2, 0.25) is 0 Å². The smallest absolute Gasteiger partial charge is 0.264 e. The maximum absolute atomic E-state index is 13.5. The summed E-state index contributed by atoms with van der Waals surface area (Å²) in [5.41, 5.74) is 3.45. The van der Waals surface area contributed by atoms with Gasteiger partial charge in [0.15, 0.2) is 0 Å². The minimum Gasteiger partial charge on any atom is -0.378 e. The van der Waals surface area contributed by atoms with Gasteiger partial charge in [0.05, 0.1) is 23.8 Å². The van der Waals surface area contributed by atoms with Gasteiger partial charge in [-0.2, -0.15) is 0 Å². The van der Waals surface area contributed by atoms with Crippen LogP contribution in [0.15, 0.2) is 83.8 Å². The number of hydrogen-bond acceptors (Lipinski definition) is 5. The second-order valence-corrected chi connectivity index (χ2v) is 10.2. The summed E-state index contributed by atoms with van der Waals surface area (Å²) in [5.74, 6) is -0.368. The molecule has 1 aliphatic heterocycles. The Labute approximate surface area is 207 Å². The van der Waals surface area contributed by atoms with Crippen LogP contribution in [-0.2, 0) is 32.5 Å². The Hall–Kier alpha value is -3.36. The van der Waals surface area contributed by atoms with Crippen LogP contribution in [0.25, 0.3) is 0 Å². The lowest BCUT2D eigenvalue weighted by Gasteiger charge is -2.29. The van der Waals surface area contributed by atoms with Crippen molar-refractivity contribution in [2.75, 3.05) is 42.1 Å². The normalized spacial score (nSPS) is 13.9. The number of aryl methyl sites for hydroxylation is 1. The summed E-state index contributed by atoms with van der Waals surface area (Å²) in [6.07, 6.45) is 0.647. The molecule has 4 rings (SSSR count). The van der Waals surface area contributed by atoms with E-state index < -0.39 is 10.0 Å². The van der Waals surface area contributed by atoms with Crippen LogP contribution in [0, 0.1) is 0 Å². The highest BCUT2D eigenvalue weighted by Gasteiger charge is 2.28. The fourth-order valence-corrected chi connectivity index (χ4v) is 5.59. The fraction of sp³-hybridized carbons (Fsp3) is 0.296. The Morgan fingerprint density at radius 1 is 0.943 bits per heavy atom. The summed E-state index contributed by atoms with van der Waals surface area (Å²) >= 11 is 0. The van der Waals surface area contributed by atoms with Gasteiger partial charge in [0.2, 0.25) is 5.91 Å². The van der Waals surface area contributed by atoms with Crippen molar-refractivity contribution in [2.24, 2.45) is 0 Å². The van der Waals surface area contributed by atoms with E-state index in [1.807, 2.05) is 43.3 Å². The van der Waals surface area contributed by atoms with Gasteiger partial charge in [-0.3, -0.25) is 9.10 Å². The predicted octanol–water partition coefficient (Wildman–Crippen LogP) is 3.60. The molecule has 1 fully saturated rings. The number of sulfonamides is 1. The van der Waals surface area contributed by atoms with E-state index in [1.54, 1.807) is 42.5 Å². The van der Waals surface area contributed by atoms with E-state index >= 15 is 0 Å². The molecule has 0 unspecified atom stereocenters. The van der Waals surface area contributed by atoms with E-state index in [-0.39, 0.29) is 17.3 Å². The number of anilines is 2. The van der Waals surface area contributed by atoms with Crippen LogP contribution in [0.3, 0.4) is 0 Å². The fourth-order valence-electron chi connectivity index (χ4n) is 4.11. The molecule has 1 amide bonds. The standard InChI is InChI=1S/C27H31N3O4S/c1-2-23-8-6-7-11-26(23)30(35(32,33)25-9-4-3-5-10-25)21-27(31)28-20-22-12-14-24(15-13-22)29-16-18-34-19-17-29/h3-15H,2,16-21H2,1H3,(H,28,31). The third kappa shape index (κ3) is 6.01. The van der Waals surface area contributed by atoms with Crippen molar-refractivity contribution in [1.82, 2.24) is 5.32 Å². The number of carbonyl (C=O) groups excluding carboxylic acids is 1. The van der Waals surface area contributed by atoms with Crippen molar-refractivity contribution in [1.29, 1.82) is 0 Å². The van der Waals surface area contributed by atoms with Crippen molar-refractivity contribution < 1.29 is 17.9 Å². The number of nitrogens with one attached hydrogen (secondary N) is 1. The van der Waals surface area contributed by atoms with Gasteiger partial charge in [0, 0.05) is 25.3 Å². The number of benzene rings is 3. The molecule has 0 spiro atoms. The van der Waals surface area contributed by atoms with Gasteiger partial charge in [-0.05, 0) is 47.9 Å². The lowest BCUT2D eigenvalue weighted by atomic mass is 10.1. The molecular weight excluding hydrogens is 462 g/mol. The Morgan fingerprint density at radius 2 is 1.60 bits per heavy atom. The van der Waals surface area contributed by atoms with E-state index in [4.69, 9.17) is 4.74 Å². The Bertz CT molecular complexity index is 1220. The summed E-state index contributed by atoms with van der Waals surface area (Å²) < 4.78 is 33.7. The molecule has 0 saturated carbocycles. The molecule has 0 radical (unpaired) electrons. The number of carbonyl (C=O) groups is 1. The van der Waals surface area contributed by atoms with Gasteiger partial charge in [-0.25, -0.2) is 8.42 Å². The van der Waals surface area contributed by atoms with E-state index in [1.165, 1.54) is 4.31 Å². The lowest BCUT2D eigenvalue weighted by Crippen LogP contribution is -2.41. The van der Waals surface area contributed by atoms with Gasteiger partial charge in [0.1, 0.15) is 6.54 Å². The molecule has 0 bridgehead atoms. The van der Waals surface area contributed by atoms with Gasteiger partial charge in [-0.1, -0.05) is 55.5 Å². The second-order valence-electron chi connectivity index (χ2n) is 8.35. The van der Waals surface area contributed by atoms with Crippen LogP contribution >= 0.6 is 0 Å². The quantitative estimate of drug-likeness (QED) is 0.493. The molecule has 0 aliphatic carbocycles. The molecule has 1 N–H and O–H groups in total. The van der Waals surface area contributed by atoms with E-state index in [0.29, 0.717) is 18.7 Å². The maximum Gasteiger partial charge on any atom is 0.264 e. The summed E-state index contributed by atoms with van der Waals surface area (Å²) in [4.78, 5) is 15.4. The van der Waals surface area contributed by atoms with Crippen LogP contribution < -0.4 is 14.5 Å². The average molecular weight is 494 g/mol. The van der Waals surface area contributed by atoms with Crippen LogP contribution in [0.5, 0.6) is 0 Å². The molecule has 184 valence electrons. The molecule has 0 aromatic heterocycles. The largest absolute Gasteiger partial charge is 0.378 e. The zero-order chi connectivity index (χ0) is 24.7. The third-order valence-corrected chi connectivity index (χ3v) is 7.84. The molecule has 7 nitrogen and oxygen atoms in total. The zero-order valence-electron chi connectivity index (χ0n) is 19.9. The molecule has 1 aliphatic rings. The Balaban J connectivity index is 1.48. The summed E-state index contributed by atoms with van der Waals surface area (Å²) in [6, 6.07) is 23.5. The molecule has 3 aromatic carbocycles. The number of para-hydroxylation sites is 1. The van der Waals surface area contributed by atoms with Crippen molar-refractivity contribution in [3.63, 3.8) is 0 Å². The minimum absolute atomic E-state index is 0.150. The molecule has 0 atom stereocenters. The molecular formula is C27H31N3O4S. The first-order chi connectivity index (χ1) is 17.0. The van der Waals surface area contributed by atoms with Gasteiger partial charge in [0.25, 0.3) is 10.0 Å². The van der Waals surface area contributed by atoms with Crippen LogP contribution in [0.1, 0.15) is 18.1 Å². The highest BCUT2D eigenvalue weighted by Crippen LogP contribution is 2.27. The van der Waals surface area contributed by atoms with Crippen molar-refractivity contribution in [3.8, 4) is 0 Å². The summed E-state index contributed by atoms with van der Waals surface area (Å²) in [7, 11) is -3.93. The first-order valence-electron chi connectivity index (χ1n) is 11.8. The first kappa shape index (κ1) is 24.8. The molecule has 1 saturated heterocycles. The van der Waals surface area contributed by atoms with Gasteiger partial charge in [-0.15, -0.1) is 0 Å². The van der Waals surface area contributed by atoms with Crippen molar-refractivity contribution in [2.45, 2.75) is 24.8 Å². The number of amides is 1. The average Bonchev–Trinajstić information content (AvgIpc) is 2.91. The number of nitrogens with zero attached hydrogens (tertiary/aromatic N) is 2. The van der Waals surface area contributed by atoms with Gasteiger partial charge >= 0.3 is 0 Å². The van der Waals surface area contributed by atoms with Crippen LogP contribution in [0.4, 0.5) is 11.4 Å². The first-order valence-corrected chi connectivity index (χ1v) is 13.3. The number of rotatable bonds is 9. The van der Waals surface area contributed by atoms with E-state index in [2.05, 4.69) is 10.2 Å². The SMILES string of the molecule is CCc1ccccc1N(CC(=O)NCc1ccc(N2CCOCC2)cc1)S(=O)(=O)c1ccccc1. The van der Waals surface area contributed by atoms with Gasteiger partial charge < -0.3 is 15.0 Å². The topological polar surface area (TPSA) is 79.0 Å². The molecule has 3 aromatic rings. The Kier molecular flexibility index (Phi) is 8.05. The van der Waals surface area contributed by atoms with Crippen molar-refractivity contribution in [3.05, 3.63) is 90.0 Å². The lowest BCUT2D eigenvalue weighted by molar-refractivity contribution is -0.119. The third-order valence-electron chi connectivity index (χ3n) is 6.06. The minimum atomic E-state index is -3.93. The summed E-state index contributed by atoms with van der Waals surface area (Å²) in [5, 5.41) is 2.88. The molecule has 35 heavy (non-hydrogen) atoms. The van der Waals surface area contributed by atoms with E-state index in [9.17, 15) is 13.2 Å². The molecule has 8 heteroatoms. The number of ether oxygens (including phenoxy) is 1. The van der Waals surface area contributed by atoms with E-state index in [0.717, 1.165) is 43.1 Å². The van der Waals surface area contributed by atoms with Crippen molar-refractivity contribution >= 4 is 27.3 Å². The zero-order valence-corrected chi connectivity index (χ0v) is 20.7. The highest BCUT2D eigenvalue weighted by molar-refractivity contribution is 7.92. The number of hydrogen-bond donors (Lipinski definition) is 1. The second kappa shape index (κ2) is 11.4. The Morgan fingerprint density at radius 3 is 2.29 bits per heavy atom. The number of morpholine rings is 1. The monoisotopic (exact) mass is 493 g/mol. The maximum atomic E-state index is 13.5. The molecule has 1 heterocycles. The predicted molar refractivity (Wildman–Crippen MR) is 138 cm³/mol. The summed E-state index contributed by atoms with van der Waals surface area (Å²) in [6.45, 7) is 5.15. The highest BCUT2D eigenvalue weighted by atomic mass is 32.2. The van der Waals surface area contributed by atoms with Crippen LogP contribution in [-0.4, -0.2) is 47.2 Å².